The van der Waals surface area contributed by atoms with Gasteiger partial charge >= 0.3 is 0 Å². The monoisotopic (exact) mass is 384 g/mol. The maximum absolute atomic E-state index is 12.5. The average molecular weight is 385 g/mol. The maximum atomic E-state index is 12.5. The zero-order chi connectivity index (χ0) is 19.1. The molecular formula is C23H29ClN2O. The van der Waals surface area contributed by atoms with Gasteiger partial charge in [0.15, 0.2) is 0 Å². The Labute approximate surface area is 167 Å². The molecule has 2 aromatic rings. The molecule has 3 nitrogen and oxygen atoms in total. The Hall–Kier alpha value is -1.84. The third kappa shape index (κ3) is 5.33. The Bertz CT molecular complexity index is 722. The number of halogens is 1. The lowest BCUT2D eigenvalue weighted by molar-refractivity contribution is -0.123. The van der Waals surface area contributed by atoms with Crippen molar-refractivity contribution in [3.63, 3.8) is 0 Å². The van der Waals surface area contributed by atoms with E-state index in [9.17, 15) is 4.79 Å². The van der Waals surface area contributed by atoms with Crippen LogP contribution in [0.25, 0.3) is 0 Å². The van der Waals surface area contributed by atoms with E-state index in [1.165, 1.54) is 16.7 Å². The smallest absolute Gasteiger partial charge is 0.220 e. The van der Waals surface area contributed by atoms with Gasteiger partial charge in [0.05, 0.1) is 5.54 Å². The topological polar surface area (TPSA) is 32.3 Å². The molecule has 0 bridgehead atoms. The third-order valence-electron chi connectivity index (χ3n) is 5.48. The second-order valence-corrected chi connectivity index (χ2v) is 7.93. The molecule has 1 saturated heterocycles. The van der Waals surface area contributed by atoms with Crippen molar-refractivity contribution in [2.24, 2.45) is 0 Å². The molecule has 0 aromatic heterocycles. The summed E-state index contributed by atoms with van der Waals surface area (Å²) in [7, 11) is 0. The van der Waals surface area contributed by atoms with Crippen LogP contribution in [0.4, 0.5) is 0 Å². The predicted octanol–water partition coefficient (Wildman–Crippen LogP) is 4.62. The molecule has 0 spiro atoms. The molecule has 1 amide bonds. The number of piperidine rings is 1. The van der Waals surface area contributed by atoms with Gasteiger partial charge in [-0.3, -0.25) is 9.69 Å². The molecule has 1 N–H and O–H groups in total. The number of hydrogen-bond donors (Lipinski definition) is 1. The van der Waals surface area contributed by atoms with E-state index in [4.69, 9.17) is 11.6 Å². The fourth-order valence-electron chi connectivity index (χ4n) is 3.85. The van der Waals surface area contributed by atoms with Gasteiger partial charge in [-0.05, 0) is 37.3 Å². The van der Waals surface area contributed by atoms with E-state index >= 15 is 0 Å². The van der Waals surface area contributed by atoms with E-state index in [1.807, 2.05) is 0 Å². The highest BCUT2D eigenvalue weighted by Gasteiger charge is 2.37. The lowest BCUT2D eigenvalue weighted by atomic mass is 9.80. The molecule has 0 aliphatic carbocycles. The predicted molar refractivity (Wildman–Crippen MR) is 112 cm³/mol. The quantitative estimate of drug-likeness (QED) is 0.706. The summed E-state index contributed by atoms with van der Waals surface area (Å²) in [4.78, 5) is 15.0. The molecule has 27 heavy (non-hydrogen) atoms. The first-order valence-electron chi connectivity index (χ1n) is 9.82. The van der Waals surface area contributed by atoms with Gasteiger partial charge in [-0.2, -0.15) is 0 Å². The summed E-state index contributed by atoms with van der Waals surface area (Å²) in [5, 5.41) is 3.36. The van der Waals surface area contributed by atoms with Gasteiger partial charge in [0.25, 0.3) is 0 Å². The Kier molecular flexibility index (Phi) is 6.92. The lowest BCUT2D eigenvalue weighted by Crippen LogP contribution is -2.52. The van der Waals surface area contributed by atoms with Crippen LogP contribution in [-0.2, 0) is 16.9 Å². The van der Waals surface area contributed by atoms with Gasteiger partial charge in [-0.15, -0.1) is 11.6 Å². The van der Waals surface area contributed by atoms with Crippen molar-refractivity contribution in [1.82, 2.24) is 10.2 Å². The van der Waals surface area contributed by atoms with Crippen molar-refractivity contribution >= 4 is 17.5 Å². The summed E-state index contributed by atoms with van der Waals surface area (Å²) in [5.41, 5.74) is 3.52. The van der Waals surface area contributed by atoms with Crippen LogP contribution < -0.4 is 5.32 Å². The van der Waals surface area contributed by atoms with Crippen molar-refractivity contribution < 1.29 is 4.79 Å². The zero-order valence-corrected chi connectivity index (χ0v) is 16.8. The van der Waals surface area contributed by atoms with Crippen molar-refractivity contribution in [2.75, 3.05) is 19.0 Å². The second kappa shape index (κ2) is 9.38. The molecular weight excluding hydrogens is 356 g/mol. The summed E-state index contributed by atoms with van der Waals surface area (Å²) in [6.07, 6.45) is 3.06. The van der Waals surface area contributed by atoms with Gasteiger partial charge < -0.3 is 5.32 Å². The van der Waals surface area contributed by atoms with E-state index < -0.39 is 0 Å². The van der Waals surface area contributed by atoms with Crippen LogP contribution >= 0.6 is 11.6 Å². The first kappa shape index (κ1) is 19.9. The first-order chi connectivity index (χ1) is 13.1. The zero-order valence-electron chi connectivity index (χ0n) is 16.1. The first-order valence-corrected chi connectivity index (χ1v) is 10.4. The van der Waals surface area contributed by atoms with E-state index in [1.54, 1.807) is 0 Å². The minimum Gasteiger partial charge on any atom is -0.346 e. The molecule has 4 heteroatoms. The fourth-order valence-corrected chi connectivity index (χ4v) is 3.98. The molecule has 144 valence electrons. The Morgan fingerprint density at radius 2 is 1.74 bits per heavy atom. The van der Waals surface area contributed by atoms with Crippen LogP contribution in [-0.4, -0.2) is 29.8 Å². The summed E-state index contributed by atoms with van der Waals surface area (Å²) in [6, 6.07) is 19.2. The molecule has 1 heterocycles. The molecule has 2 aromatic carbocycles. The Morgan fingerprint density at radius 3 is 2.37 bits per heavy atom. The summed E-state index contributed by atoms with van der Waals surface area (Å²) in [5.74, 6) is 0.628. The van der Waals surface area contributed by atoms with E-state index in [-0.39, 0.29) is 11.4 Å². The van der Waals surface area contributed by atoms with E-state index in [0.717, 1.165) is 38.9 Å². The van der Waals surface area contributed by atoms with Crippen molar-refractivity contribution in [3.05, 3.63) is 71.3 Å². The van der Waals surface area contributed by atoms with E-state index in [2.05, 4.69) is 71.7 Å². The highest BCUT2D eigenvalue weighted by Crippen LogP contribution is 2.34. The van der Waals surface area contributed by atoms with Crippen LogP contribution in [0.15, 0.2) is 54.6 Å². The minimum absolute atomic E-state index is 0.104. The summed E-state index contributed by atoms with van der Waals surface area (Å²) in [6.45, 7) is 5.00. The molecule has 0 atom stereocenters. The number of amides is 1. The van der Waals surface area contributed by atoms with Crippen LogP contribution in [0.1, 0.15) is 42.4 Å². The largest absolute Gasteiger partial charge is 0.346 e. The van der Waals surface area contributed by atoms with Crippen LogP contribution in [0.3, 0.4) is 0 Å². The number of alkyl halides is 1. The Balaban J connectivity index is 1.72. The van der Waals surface area contributed by atoms with Crippen LogP contribution in [0, 0.1) is 6.92 Å². The number of rotatable bonds is 7. The standard InChI is InChI=1S/C23H29ClN2O/c1-19-9-11-21(12-10-19)23(25-22(27)8-5-15-24)13-16-26(17-14-23)18-20-6-3-2-4-7-20/h2-4,6-7,9-12H,5,8,13-18H2,1H3,(H,25,27). The number of nitrogens with one attached hydrogen (secondary N) is 1. The van der Waals surface area contributed by atoms with Gasteiger partial charge in [0.2, 0.25) is 5.91 Å². The van der Waals surface area contributed by atoms with Gasteiger partial charge in [0.1, 0.15) is 0 Å². The van der Waals surface area contributed by atoms with E-state index in [0.29, 0.717) is 12.3 Å². The van der Waals surface area contributed by atoms with Crippen molar-refractivity contribution in [1.29, 1.82) is 0 Å². The third-order valence-corrected chi connectivity index (χ3v) is 5.75. The summed E-state index contributed by atoms with van der Waals surface area (Å²) >= 11 is 5.77. The Morgan fingerprint density at radius 1 is 1.07 bits per heavy atom. The maximum Gasteiger partial charge on any atom is 0.220 e. The summed E-state index contributed by atoms with van der Waals surface area (Å²) < 4.78 is 0. The minimum atomic E-state index is -0.274. The van der Waals surface area contributed by atoms with Gasteiger partial charge in [0, 0.05) is 31.9 Å². The fraction of sp³-hybridized carbons (Fsp3) is 0.435. The normalized spacial score (nSPS) is 16.8. The van der Waals surface area contributed by atoms with Crippen molar-refractivity contribution in [2.45, 2.75) is 44.7 Å². The molecule has 0 saturated carbocycles. The molecule has 1 fully saturated rings. The average Bonchev–Trinajstić information content (AvgIpc) is 2.69. The highest BCUT2D eigenvalue weighted by atomic mass is 35.5. The molecule has 1 aliphatic rings. The van der Waals surface area contributed by atoms with Crippen molar-refractivity contribution in [3.8, 4) is 0 Å². The van der Waals surface area contributed by atoms with Crippen LogP contribution in [0.2, 0.25) is 0 Å². The number of carbonyl (C=O) groups is 1. The number of nitrogens with zero attached hydrogens (tertiary/aromatic N) is 1. The lowest BCUT2D eigenvalue weighted by Gasteiger charge is -2.43. The number of hydrogen-bond acceptors (Lipinski definition) is 2. The second-order valence-electron chi connectivity index (χ2n) is 7.55. The molecule has 0 unspecified atom stereocenters. The molecule has 1 aliphatic heterocycles. The SMILES string of the molecule is Cc1ccc(C2(NC(=O)CCCCl)CCN(Cc3ccccc3)CC2)cc1. The van der Waals surface area contributed by atoms with Gasteiger partial charge in [-0.25, -0.2) is 0 Å². The number of carbonyl (C=O) groups excluding carboxylic acids is 1. The van der Waals surface area contributed by atoms with Gasteiger partial charge in [-0.1, -0.05) is 60.2 Å². The molecule has 3 rings (SSSR count). The molecule has 0 radical (unpaired) electrons. The number of benzene rings is 2. The highest BCUT2D eigenvalue weighted by molar-refractivity contribution is 6.17. The number of aryl methyl sites for hydroxylation is 1. The number of likely N-dealkylation sites (tertiary alicyclic amines) is 1. The van der Waals surface area contributed by atoms with Crippen LogP contribution in [0.5, 0.6) is 0 Å².